The molecule has 7 nitrogen and oxygen atoms in total. The molecule has 1 amide bonds. The normalized spacial score (nSPS) is 15.9. The van der Waals surface area contributed by atoms with E-state index < -0.39 is 5.91 Å². The Balaban J connectivity index is 1.43. The van der Waals surface area contributed by atoms with E-state index >= 15 is 0 Å². The van der Waals surface area contributed by atoms with E-state index in [2.05, 4.69) is 26.0 Å². The largest absolute Gasteiger partial charge is 0.490 e. The van der Waals surface area contributed by atoms with Gasteiger partial charge in [-0.1, -0.05) is 59.6 Å². The number of fused-ring (bicyclic) bond motifs is 1. The highest BCUT2D eigenvalue weighted by Crippen LogP contribution is 2.39. The van der Waals surface area contributed by atoms with E-state index in [0.717, 1.165) is 16.7 Å². The number of carbonyl (C=O) groups is 1. The number of ether oxygens (including phenoxy) is 2. The number of carbonyl (C=O) groups excluding carboxylic acids is 1. The number of hydrogen-bond donors (Lipinski definition) is 1. The first kappa shape index (κ1) is 26.2. The van der Waals surface area contributed by atoms with Crippen molar-refractivity contribution in [3.05, 3.63) is 98.0 Å². The Hall–Kier alpha value is -3.40. The number of rotatable bonds is 7. The van der Waals surface area contributed by atoms with Crippen molar-refractivity contribution in [2.24, 2.45) is 10.1 Å². The maximum atomic E-state index is 12.9. The van der Waals surface area contributed by atoms with Gasteiger partial charge in [0.1, 0.15) is 11.7 Å². The molecule has 0 aromatic heterocycles. The molecule has 0 spiro atoms. The Morgan fingerprint density at radius 2 is 1.89 bits per heavy atom. The van der Waals surface area contributed by atoms with Crippen LogP contribution in [0.4, 0.5) is 0 Å². The summed E-state index contributed by atoms with van der Waals surface area (Å²) in [5.74, 6) is 0.476. The number of thioether (sulfide) groups is 1. The van der Waals surface area contributed by atoms with Crippen LogP contribution in [0.5, 0.6) is 11.5 Å². The fraction of sp³-hybridized carbons (Fsp3) is 0.143. The van der Waals surface area contributed by atoms with E-state index in [1.54, 1.807) is 18.2 Å². The van der Waals surface area contributed by atoms with Crippen molar-refractivity contribution in [1.29, 1.82) is 5.41 Å². The number of amidine groups is 2. The molecular formula is C28H22BrClN4O3S. The second-order valence-electron chi connectivity index (χ2n) is 8.43. The third-order valence-electron chi connectivity index (χ3n) is 5.73. The minimum absolute atomic E-state index is 0.0391. The van der Waals surface area contributed by atoms with Crippen LogP contribution in [-0.2, 0) is 11.4 Å². The lowest BCUT2D eigenvalue weighted by atomic mass is 10.1. The van der Waals surface area contributed by atoms with Gasteiger partial charge in [0.15, 0.2) is 17.3 Å². The van der Waals surface area contributed by atoms with Gasteiger partial charge in [0.25, 0.3) is 5.91 Å². The van der Waals surface area contributed by atoms with Gasteiger partial charge in [-0.3, -0.25) is 10.2 Å². The molecule has 0 radical (unpaired) electrons. The summed E-state index contributed by atoms with van der Waals surface area (Å²) in [5.41, 5.74) is 3.66. The van der Waals surface area contributed by atoms with Gasteiger partial charge in [-0.25, -0.2) is 0 Å². The first-order chi connectivity index (χ1) is 18.3. The Bertz CT molecular complexity index is 1540. The average Bonchev–Trinajstić information content (AvgIpc) is 3.32. The van der Waals surface area contributed by atoms with E-state index in [1.165, 1.54) is 16.8 Å². The van der Waals surface area contributed by atoms with E-state index in [1.807, 2.05) is 62.4 Å². The van der Waals surface area contributed by atoms with Crippen LogP contribution in [0.15, 0.2) is 80.8 Å². The van der Waals surface area contributed by atoms with Crippen molar-refractivity contribution >= 4 is 67.3 Å². The van der Waals surface area contributed by atoms with E-state index in [4.69, 9.17) is 26.5 Å². The minimum atomic E-state index is -0.498. The molecule has 10 heteroatoms. The zero-order chi connectivity index (χ0) is 26.8. The van der Waals surface area contributed by atoms with E-state index in [-0.39, 0.29) is 18.0 Å². The molecule has 0 aliphatic carbocycles. The number of amides is 1. The van der Waals surface area contributed by atoms with Gasteiger partial charge in [-0.2, -0.15) is 15.1 Å². The first-order valence-corrected chi connectivity index (χ1v) is 13.7. The monoisotopic (exact) mass is 608 g/mol. The van der Waals surface area contributed by atoms with Gasteiger partial charge in [0.2, 0.25) is 5.17 Å². The van der Waals surface area contributed by atoms with Crippen LogP contribution in [0.3, 0.4) is 0 Å². The van der Waals surface area contributed by atoms with Gasteiger partial charge in [0.05, 0.1) is 16.7 Å². The van der Waals surface area contributed by atoms with Crippen molar-refractivity contribution in [3.8, 4) is 11.5 Å². The SMILES string of the molecule is CCOc1cc(/C=C2/C(=N)N3N=C(c4ccc(C)cc4)SC3=NC2=O)cc(Br)c1OCc1ccccc1Cl. The lowest BCUT2D eigenvalue weighted by molar-refractivity contribution is -0.114. The number of halogens is 2. The quantitative estimate of drug-likeness (QED) is 0.290. The Kier molecular flexibility index (Phi) is 7.69. The predicted octanol–water partition coefficient (Wildman–Crippen LogP) is 7.06. The molecule has 0 atom stereocenters. The molecule has 38 heavy (non-hydrogen) atoms. The minimum Gasteiger partial charge on any atom is -0.490 e. The van der Waals surface area contributed by atoms with Gasteiger partial charge in [0, 0.05) is 16.1 Å². The first-order valence-electron chi connectivity index (χ1n) is 11.7. The maximum Gasteiger partial charge on any atom is 0.283 e. The molecule has 3 aromatic carbocycles. The highest BCUT2D eigenvalue weighted by atomic mass is 79.9. The van der Waals surface area contributed by atoms with Crippen molar-refractivity contribution in [2.45, 2.75) is 20.5 Å². The summed E-state index contributed by atoms with van der Waals surface area (Å²) in [7, 11) is 0. The zero-order valence-electron chi connectivity index (χ0n) is 20.5. The van der Waals surface area contributed by atoms with Crippen LogP contribution in [0.25, 0.3) is 6.08 Å². The molecule has 5 rings (SSSR count). The molecule has 3 aromatic rings. The Labute approximate surface area is 237 Å². The van der Waals surface area contributed by atoms with Gasteiger partial charge < -0.3 is 9.47 Å². The number of hydrogen-bond acceptors (Lipinski definition) is 6. The van der Waals surface area contributed by atoms with Gasteiger partial charge in [-0.05, 0) is 71.4 Å². The molecule has 0 unspecified atom stereocenters. The highest BCUT2D eigenvalue weighted by Gasteiger charge is 2.36. The van der Waals surface area contributed by atoms with Gasteiger partial charge in [-0.15, -0.1) is 0 Å². The van der Waals surface area contributed by atoms with Crippen LogP contribution < -0.4 is 9.47 Å². The molecule has 2 aliphatic rings. The third kappa shape index (κ3) is 5.41. The number of benzene rings is 3. The van der Waals surface area contributed by atoms with Gasteiger partial charge >= 0.3 is 0 Å². The number of nitrogens with one attached hydrogen (secondary N) is 1. The molecule has 0 saturated carbocycles. The number of aryl methyl sites for hydroxylation is 1. The molecule has 0 saturated heterocycles. The summed E-state index contributed by atoms with van der Waals surface area (Å²) in [6.45, 7) is 4.56. The lowest BCUT2D eigenvalue weighted by Gasteiger charge is -2.20. The average molecular weight is 610 g/mol. The second-order valence-corrected chi connectivity index (χ2v) is 10.7. The maximum absolute atomic E-state index is 12.9. The smallest absolute Gasteiger partial charge is 0.283 e. The number of nitrogens with zero attached hydrogens (tertiary/aromatic N) is 3. The van der Waals surface area contributed by atoms with Crippen LogP contribution in [0.1, 0.15) is 29.2 Å². The summed E-state index contributed by atoms with van der Waals surface area (Å²) in [4.78, 5) is 17.1. The van der Waals surface area contributed by atoms with Crippen LogP contribution in [0, 0.1) is 12.3 Å². The summed E-state index contributed by atoms with van der Waals surface area (Å²) < 4.78 is 12.5. The summed E-state index contributed by atoms with van der Waals surface area (Å²) >= 11 is 11.1. The number of hydrazone groups is 1. The summed E-state index contributed by atoms with van der Waals surface area (Å²) in [6, 6.07) is 19.0. The molecule has 1 N–H and O–H groups in total. The van der Waals surface area contributed by atoms with Crippen molar-refractivity contribution in [1.82, 2.24) is 5.01 Å². The van der Waals surface area contributed by atoms with Crippen molar-refractivity contribution < 1.29 is 14.3 Å². The number of aliphatic imine (C=N–C) groups is 1. The molecule has 192 valence electrons. The molecule has 0 bridgehead atoms. The topological polar surface area (TPSA) is 87.3 Å². The highest BCUT2D eigenvalue weighted by molar-refractivity contribution is 9.10. The molecular weight excluding hydrogens is 588 g/mol. The standard InChI is InChI=1S/C28H22BrClN4O3S/c1-3-36-23-14-17(13-21(29)24(23)37-15-19-6-4-5-7-22(19)30)12-20-25(31)34-28(32-26(20)35)38-27(33-34)18-10-8-16(2)9-11-18/h4-14,31H,3,15H2,1-2H3/b20-12-,31-25?. The van der Waals surface area contributed by atoms with Crippen LogP contribution >= 0.6 is 39.3 Å². The predicted molar refractivity (Wildman–Crippen MR) is 156 cm³/mol. The van der Waals surface area contributed by atoms with Crippen LogP contribution in [-0.4, -0.2) is 33.6 Å². The fourth-order valence-corrected chi connectivity index (χ4v) is 5.47. The summed E-state index contributed by atoms with van der Waals surface area (Å²) in [5, 5.41) is 16.3. The zero-order valence-corrected chi connectivity index (χ0v) is 23.7. The summed E-state index contributed by atoms with van der Waals surface area (Å²) in [6.07, 6.45) is 1.61. The third-order valence-corrected chi connectivity index (χ3v) is 7.64. The fourth-order valence-electron chi connectivity index (χ4n) is 3.81. The Morgan fingerprint density at radius 1 is 1.13 bits per heavy atom. The molecule has 2 aliphatic heterocycles. The van der Waals surface area contributed by atoms with Crippen molar-refractivity contribution in [2.75, 3.05) is 6.61 Å². The second kappa shape index (κ2) is 11.1. The molecule has 0 fully saturated rings. The lowest BCUT2D eigenvalue weighted by Crippen LogP contribution is -2.35. The molecule has 2 heterocycles. The van der Waals surface area contributed by atoms with Crippen LogP contribution in [0.2, 0.25) is 5.02 Å². The van der Waals surface area contributed by atoms with Crippen molar-refractivity contribution in [3.63, 3.8) is 0 Å². The van der Waals surface area contributed by atoms with E-state index in [0.29, 0.717) is 43.4 Å². The van der Waals surface area contributed by atoms with E-state index in [9.17, 15) is 4.79 Å². The Morgan fingerprint density at radius 3 is 2.63 bits per heavy atom.